The van der Waals surface area contributed by atoms with Crippen LogP contribution in [0, 0.1) is 5.92 Å². The number of nitrogens with zero attached hydrogens (tertiary/aromatic N) is 3. The van der Waals surface area contributed by atoms with E-state index >= 15 is 0 Å². The number of hydrogen-bond acceptors (Lipinski definition) is 3. The third-order valence-corrected chi connectivity index (χ3v) is 6.02. The Morgan fingerprint density at radius 1 is 1.10 bits per heavy atom. The van der Waals surface area contributed by atoms with Gasteiger partial charge in [-0.25, -0.2) is 4.98 Å². The van der Waals surface area contributed by atoms with Crippen LogP contribution in [0.15, 0.2) is 59.1 Å². The van der Waals surface area contributed by atoms with Crippen LogP contribution in [0.2, 0.25) is 0 Å². The van der Waals surface area contributed by atoms with Gasteiger partial charge in [0.15, 0.2) is 11.5 Å². The Balaban J connectivity index is 1.34. The van der Waals surface area contributed by atoms with Crippen molar-refractivity contribution >= 4 is 27.9 Å². The first-order valence-corrected chi connectivity index (χ1v) is 10.8. The van der Waals surface area contributed by atoms with E-state index in [1.807, 2.05) is 47.5 Å². The van der Waals surface area contributed by atoms with E-state index in [4.69, 9.17) is 4.42 Å². The SMILES string of the molecule is CC(C)Cn1cc(C(=O)N2CCC(c3nc4ccccc4o3)CC2)c2ccccc21. The van der Waals surface area contributed by atoms with Crippen molar-refractivity contribution in [3.05, 3.63) is 66.2 Å². The van der Waals surface area contributed by atoms with E-state index in [0.717, 1.165) is 65.9 Å². The Kier molecular flexibility index (Phi) is 4.81. The molecule has 0 unspecified atom stereocenters. The molecule has 4 aromatic rings. The highest BCUT2D eigenvalue weighted by Crippen LogP contribution is 2.31. The van der Waals surface area contributed by atoms with Gasteiger partial charge in [-0.1, -0.05) is 44.2 Å². The molecule has 0 N–H and O–H groups in total. The number of amides is 1. The first-order valence-electron chi connectivity index (χ1n) is 10.8. The smallest absolute Gasteiger partial charge is 0.256 e. The maximum Gasteiger partial charge on any atom is 0.256 e. The van der Waals surface area contributed by atoms with Crippen LogP contribution in [0.3, 0.4) is 0 Å². The van der Waals surface area contributed by atoms with Crippen molar-refractivity contribution in [2.45, 2.75) is 39.2 Å². The van der Waals surface area contributed by atoms with Gasteiger partial charge < -0.3 is 13.9 Å². The van der Waals surface area contributed by atoms with Gasteiger partial charge in [0, 0.05) is 42.7 Å². The van der Waals surface area contributed by atoms with Crippen LogP contribution in [-0.2, 0) is 6.54 Å². The quantitative estimate of drug-likeness (QED) is 0.456. The van der Waals surface area contributed by atoms with E-state index in [1.165, 1.54) is 0 Å². The largest absolute Gasteiger partial charge is 0.440 e. The number of carbonyl (C=O) groups is 1. The number of oxazole rings is 1. The summed E-state index contributed by atoms with van der Waals surface area (Å²) in [5.41, 5.74) is 3.69. The molecule has 1 fully saturated rings. The van der Waals surface area contributed by atoms with Crippen LogP contribution in [0.25, 0.3) is 22.0 Å². The molecular formula is C25H27N3O2. The van der Waals surface area contributed by atoms with Gasteiger partial charge in [-0.15, -0.1) is 0 Å². The number of fused-ring (bicyclic) bond motifs is 2. The fourth-order valence-corrected chi connectivity index (χ4v) is 4.53. The molecule has 0 saturated carbocycles. The monoisotopic (exact) mass is 401 g/mol. The first kappa shape index (κ1) is 18.9. The highest BCUT2D eigenvalue weighted by atomic mass is 16.3. The first-order chi connectivity index (χ1) is 14.6. The Bertz CT molecular complexity index is 1160. The molecule has 2 aromatic carbocycles. The second kappa shape index (κ2) is 7.63. The molecule has 0 aliphatic carbocycles. The minimum atomic E-state index is 0.129. The van der Waals surface area contributed by atoms with Crippen molar-refractivity contribution < 1.29 is 9.21 Å². The molecule has 0 bridgehead atoms. The van der Waals surface area contributed by atoms with Crippen LogP contribution in [0.5, 0.6) is 0 Å². The third kappa shape index (κ3) is 3.38. The van der Waals surface area contributed by atoms with E-state index in [-0.39, 0.29) is 11.8 Å². The zero-order valence-corrected chi connectivity index (χ0v) is 17.5. The molecule has 5 heteroatoms. The summed E-state index contributed by atoms with van der Waals surface area (Å²) in [5, 5.41) is 1.05. The van der Waals surface area contributed by atoms with Gasteiger partial charge in [-0.05, 0) is 37.0 Å². The molecule has 154 valence electrons. The molecule has 2 aromatic heterocycles. The molecule has 30 heavy (non-hydrogen) atoms. The summed E-state index contributed by atoms with van der Waals surface area (Å²) in [5.74, 6) is 1.72. The number of benzene rings is 2. The molecule has 1 amide bonds. The molecule has 1 saturated heterocycles. The summed E-state index contributed by atoms with van der Waals surface area (Å²) in [6.07, 6.45) is 3.80. The Morgan fingerprint density at radius 3 is 2.60 bits per heavy atom. The number of piperidine rings is 1. The van der Waals surface area contributed by atoms with Crippen LogP contribution < -0.4 is 0 Å². The maximum absolute atomic E-state index is 13.4. The number of likely N-dealkylation sites (tertiary alicyclic amines) is 1. The minimum Gasteiger partial charge on any atom is -0.440 e. The molecule has 1 aliphatic heterocycles. The van der Waals surface area contributed by atoms with Crippen molar-refractivity contribution in [2.75, 3.05) is 13.1 Å². The second-order valence-corrected chi connectivity index (χ2v) is 8.69. The number of aromatic nitrogens is 2. The summed E-state index contributed by atoms with van der Waals surface area (Å²) < 4.78 is 8.19. The maximum atomic E-state index is 13.4. The summed E-state index contributed by atoms with van der Waals surface area (Å²) in [6, 6.07) is 16.1. The Morgan fingerprint density at radius 2 is 1.83 bits per heavy atom. The summed E-state index contributed by atoms with van der Waals surface area (Å²) in [7, 11) is 0. The summed E-state index contributed by atoms with van der Waals surface area (Å²) >= 11 is 0. The van der Waals surface area contributed by atoms with E-state index in [9.17, 15) is 4.79 Å². The topological polar surface area (TPSA) is 51.3 Å². The molecule has 0 atom stereocenters. The lowest BCUT2D eigenvalue weighted by atomic mass is 9.96. The van der Waals surface area contributed by atoms with Crippen LogP contribution >= 0.6 is 0 Å². The standard InChI is InChI=1S/C25H27N3O2/c1-17(2)15-28-16-20(19-7-3-5-9-22(19)28)25(29)27-13-11-18(12-14-27)24-26-21-8-4-6-10-23(21)30-24/h3-10,16-18H,11-15H2,1-2H3. The third-order valence-electron chi connectivity index (χ3n) is 6.02. The van der Waals surface area contributed by atoms with E-state index in [1.54, 1.807) is 0 Å². The molecule has 3 heterocycles. The molecule has 5 nitrogen and oxygen atoms in total. The van der Waals surface area contributed by atoms with Gasteiger partial charge in [-0.2, -0.15) is 0 Å². The van der Waals surface area contributed by atoms with E-state index in [0.29, 0.717) is 5.92 Å². The number of rotatable bonds is 4. The number of hydrogen-bond donors (Lipinski definition) is 0. The lowest BCUT2D eigenvalue weighted by Gasteiger charge is -2.30. The Hall–Kier alpha value is -3.08. The van der Waals surface area contributed by atoms with E-state index < -0.39 is 0 Å². The van der Waals surface area contributed by atoms with Crippen molar-refractivity contribution in [3.63, 3.8) is 0 Å². The van der Waals surface area contributed by atoms with Gasteiger partial charge in [-0.3, -0.25) is 4.79 Å². The van der Waals surface area contributed by atoms with Crippen LogP contribution in [-0.4, -0.2) is 33.4 Å². The molecular weight excluding hydrogens is 374 g/mol. The zero-order chi connectivity index (χ0) is 20.7. The van der Waals surface area contributed by atoms with Crippen molar-refractivity contribution in [2.24, 2.45) is 5.92 Å². The summed E-state index contributed by atoms with van der Waals surface area (Å²) in [4.78, 5) is 20.0. The highest BCUT2D eigenvalue weighted by Gasteiger charge is 2.29. The van der Waals surface area contributed by atoms with Gasteiger partial charge >= 0.3 is 0 Å². The number of para-hydroxylation sites is 3. The average molecular weight is 402 g/mol. The van der Waals surface area contributed by atoms with Gasteiger partial charge in [0.1, 0.15) is 5.52 Å². The minimum absolute atomic E-state index is 0.129. The highest BCUT2D eigenvalue weighted by molar-refractivity contribution is 6.07. The van der Waals surface area contributed by atoms with Crippen molar-refractivity contribution in [1.29, 1.82) is 0 Å². The lowest BCUT2D eigenvalue weighted by molar-refractivity contribution is 0.0708. The van der Waals surface area contributed by atoms with Crippen LogP contribution in [0.4, 0.5) is 0 Å². The van der Waals surface area contributed by atoms with Gasteiger partial charge in [0.25, 0.3) is 5.91 Å². The zero-order valence-electron chi connectivity index (χ0n) is 17.5. The molecule has 1 aliphatic rings. The lowest BCUT2D eigenvalue weighted by Crippen LogP contribution is -2.37. The normalized spacial score (nSPS) is 15.5. The molecule has 0 radical (unpaired) electrons. The van der Waals surface area contributed by atoms with Crippen molar-refractivity contribution in [3.8, 4) is 0 Å². The van der Waals surface area contributed by atoms with Gasteiger partial charge in [0.05, 0.1) is 5.56 Å². The fraction of sp³-hybridized carbons (Fsp3) is 0.360. The second-order valence-electron chi connectivity index (χ2n) is 8.69. The van der Waals surface area contributed by atoms with Crippen molar-refractivity contribution in [1.82, 2.24) is 14.5 Å². The number of carbonyl (C=O) groups excluding carboxylic acids is 1. The molecule has 0 spiro atoms. The van der Waals surface area contributed by atoms with Gasteiger partial charge in [0.2, 0.25) is 0 Å². The predicted octanol–water partition coefficient (Wildman–Crippen LogP) is 5.46. The van der Waals surface area contributed by atoms with Crippen LogP contribution in [0.1, 0.15) is 48.9 Å². The fourth-order valence-electron chi connectivity index (χ4n) is 4.53. The Labute approximate surface area is 176 Å². The van der Waals surface area contributed by atoms with E-state index in [2.05, 4.69) is 35.5 Å². The average Bonchev–Trinajstić information content (AvgIpc) is 3.35. The summed E-state index contributed by atoms with van der Waals surface area (Å²) in [6.45, 7) is 6.77. The predicted molar refractivity (Wildman–Crippen MR) is 119 cm³/mol. The molecule has 5 rings (SSSR count).